The van der Waals surface area contributed by atoms with Gasteiger partial charge in [0.1, 0.15) is 5.82 Å². The molecule has 1 aliphatic heterocycles. The number of nitrogens with one attached hydrogen (secondary N) is 2. The maximum Gasteiger partial charge on any atom is 0.185 e. The van der Waals surface area contributed by atoms with Crippen LogP contribution in [-0.2, 0) is 0 Å². The number of anilines is 2. The monoisotopic (exact) mass is 418 g/mol. The zero-order valence-electron chi connectivity index (χ0n) is 15.1. The normalized spacial score (nSPS) is 13.1. The number of fused-ring (bicyclic) bond motifs is 1. The average Bonchev–Trinajstić information content (AvgIpc) is 3.28. The van der Waals surface area contributed by atoms with Crippen LogP contribution in [0.15, 0.2) is 29.8 Å². The number of H-pyrrole nitrogens is 1. The van der Waals surface area contributed by atoms with Crippen LogP contribution < -0.4 is 10.2 Å². The molecule has 0 unspecified atom stereocenters. The van der Waals surface area contributed by atoms with Gasteiger partial charge in [0, 0.05) is 52.4 Å². The second-order valence-corrected chi connectivity index (χ2v) is 8.07. The lowest BCUT2D eigenvalue weighted by Crippen LogP contribution is -2.21. The topological polar surface area (TPSA) is 44.0 Å². The number of halogens is 2. The minimum absolute atomic E-state index is 0.641. The van der Waals surface area contributed by atoms with E-state index in [0.29, 0.717) is 16.6 Å². The molecule has 0 amide bonds. The highest BCUT2D eigenvalue weighted by Gasteiger charge is 2.20. The zero-order valence-corrected chi connectivity index (χ0v) is 17.5. The molecule has 7 heteroatoms. The van der Waals surface area contributed by atoms with Crippen molar-refractivity contribution in [2.75, 3.05) is 29.9 Å². The third-order valence-electron chi connectivity index (χ3n) is 4.73. The van der Waals surface area contributed by atoms with Gasteiger partial charge in [0.2, 0.25) is 0 Å². The van der Waals surface area contributed by atoms with Crippen LogP contribution >= 0.6 is 34.5 Å². The van der Waals surface area contributed by atoms with Crippen LogP contribution in [-0.4, -0.2) is 29.6 Å². The molecular formula is C20H20Cl2N4S. The fourth-order valence-corrected chi connectivity index (χ4v) is 4.78. The van der Waals surface area contributed by atoms with E-state index >= 15 is 0 Å². The average molecular weight is 419 g/mol. The van der Waals surface area contributed by atoms with Crippen molar-refractivity contribution in [1.29, 1.82) is 0 Å². The second kappa shape index (κ2) is 7.58. The van der Waals surface area contributed by atoms with Crippen LogP contribution in [0, 0.1) is 0 Å². The third-order valence-corrected chi connectivity index (χ3v) is 6.07. The van der Waals surface area contributed by atoms with Gasteiger partial charge in [-0.15, -0.1) is 11.3 Å². The first-order valence-corrected chi connectivity index (χ1v) is 10.6. The summed E-state index contributed by atoms with van der Waals surface area (Å²) < 4.78 is 0. The predicted octanol–water partition coefficient (Wildman–Crippen LogP) is 6.26. The summed E-state index contributed by atoms with van der Waals surface area (Å²) in [6.07, 6.45) is 4.21. The molecule has 140 valence electrons. The Morgan fingerprint density at radius 3 is 2.59 bits per heavy atom. The summed E-state index contributed by atoms with van der Waals surface area (Å²) in [7, 11) is 0. The molecule has 4 nitrogen and oxygen atoms in total. The molecule has 0 aliphatic carbocycles. The largest absolute Gasteiger partial charge is 0.367 e. The van der Waals surface area contributed by atoms with Crippen molar-refractivity contribution in [2.45, 2.75) is 13.8 Å². The number of hydrogen-bond donors (Lipinski definition) is 2. The Hall–Kier alpha value is -1.95. The van der Waals surface area contributed by atoms with E-state index in [2.05, 4.69) is 40.5 Å². The molecule has 1 aliphatic rings. The summed E-state index contributed by atoms with van der Waals surface area (Å²) >= 11 is 14.0. The van der Waals surface area contributed by atoms with Crippen molar-refractivity contribution in [2.24, 2.45) is 0 Å². The SMILES string of the molecule is CCN(CC)c1nc(-c2c[nH]c3c2C=C(c2cc(Cl)cc(Cl)c2)CN3)cs1. The number of thiazole rings is 1. The van der Waals surface area contributed by atoms with E-state index in [-0.39, 0.29) is 0 Å². The van der Waals surface area contributed by atoms with Crippen LogP contribution in [0.25, 0.3) is 22.9 Å². The van der Waals surface area contributed by atoms with Crippen molar-refractivity contribution < 1.29 is 0 Å². The summed E-state index contributed by atoms with van der Waals surface area (Å²) in [6, 6.07) is 5.64. The molecule has 0 atom stereocenters. The van der Waals surface area contributed by atoms with Gasteiger partial charge in [0.15, 0.2) is 5.13 Å². The fraction of sp³-hybridized carbons (Fsp3) is 0.250. The highest BCUT2D eigenvalue weighted by molar-refractivity contribution is 7.14. The van der Waals surface area contributed by atoms with Crippen molar-refractivity contribution in [3.05, 3.63) is 50.9 Å². The Labute approximate surface area is 172 Å². The highest BCUT2D eigenvalue weighted by atomic mass is 35.5. The zero-order chi connectivity index (χ0) is 19.0. The molecule has 0 saturated carbocycles. The summed E-state index contributed by atoms with van der Waals surface area (Å²) in [4.78, 5) is 10.4. The summed E-state index contributed by atoms with van der Waals surface area (Å²) in [5.41, 5.74) is 5.37. The first kappa shape index (κ1) is 18.4. The van der Waals surface area contributed by atoms with Crippen LogP contribution in [0.1, 0.15) is 25.0 Å². The van der Waals surface area contributed by atoms with E-state index in [1.807, 2.05) is 18.3 Å². The van der Waals surface area contributed by atoms with E-state index in [4.69, 9.17) is 28.2 Å². The van der Waals surface area contributed by atoms with Gasteiger partial charge in [-0.05, 0) is 49.3 Å². The quantitative estimate of drug-likeness (QED) is 0.513. The summed E-state index contributed by atoms with van der Waals surface area (Å²) in [5.74, 6) is 1.01. The minimum atomic E-state index is 0.641. The molecule has 3 aromatic rings. The number of rotatable bonds is 5. The fourth-order valence-electron chi connectivity index (χ4n) is 3.30. The molecule has 0 saturated heterocycles. The first-order valence-electron chi connectivity index (χ1n) is 8.92. The van der Waals surface area contributed by atoms with E-state index in [0.717, 1.165) is 52.0 Å². The molecule has 4 rings (SSSR count). The highest BCUT2D eigenvalue weighted by Crippen LogP contribution is 2.38. The van der Waals surface area contributed by atoms with Gasteiger partial charge in [-0.3, -0.25) is 0 Å². The molecule has 2 N–H and O–H groups in total. The molecule has 3 heterocycles. The van der Waals surface area contributed by atoms with Crippen molar-refractivity contribution in [1.82, 2.24) is 9.97 Å². The summed E-state index contributed by atoms with van der Waals surface area (Å²) in [5, 5.41) is 7.90. The predicted molar refractivity (Wildman–Crippen MR) is 118 cm³/mol. The minimum Gasteiger partial charge on any atom is -0.367 e. The number of nitrogens with zero attached hydrogens (tertiary/aromatic N) is 2. The second-order valence-electron chi connectivity index (χ2n) is 6.36. The van der Waals surface area contributed by atoms with Gasteiger partial charge >= 0.3 is 0 Å². The van der Waals surface area contributed by atoms with Crippen molar-refractivity contribution in [3.63, 3.8) is 0 Å². The Morgan fingerprint density at radius 1 is 1.15 bits per heavy atom. The van der Waals surface area contributed by atoms with Gasteiger partial charge in [0.05, 0.1) is 5.69 Å². The van der Waals surface area contributed by atoms with Crippen LogP contribution in [0.2, 0.25) is 10.0 Å². The van der Waals surface area contributed by atoms with Gasteiger partial charge in [-0.25, -0.2) is 4.98 Å². The summed E-state index contributed by atoms with van der Waals surface area (Å²) in [6.45, 7) is 6.92. The van der Waals surface area contributed by atoms with Crippen LogP contribution in [0.5, 0.6) is 0 Å². The van der Waals surface area contributed by atoms with Crippen molar-refractivity contribution >= 4 is 57.1 Å². The first-order chi connectivity index (χ1) is 13.1. The molecule has 2 aromatic heterocycles. The van der Waals surface area contributed by atoms with Gasteiger partial charge in [-0.2, -0.15) is 0 Å². The molecule has 0 radical (unpaired) electrons. The Bertz CT molecular complexity index is 981. The third kappa shape index (κ3) is 3.59. The smallest absolute Gasteiger partial charge is 0.185 e. The van der Waals surface area contributed by atoms with E-state index < -0.39 is 0 Å². The number of aromatic nitrogens is 2. The molecular weight excluding hydrogens is 399 g/mol. The number of benzene rings is 1. The molecule has 27 heavy (non-hydrogen) atoms. The van der Waals surface area contributed by atoms with E-state index in [1.54, 1.807) is 17.4 Å². The van der Waals surface area contributed by atoms with Gasteiger partial charge < -0.3 is 15.2 Å². The van der Waals surface area contributed by atoms with Crippen LogP contribution in [0.4, 0.5) is 10.9 Å². The Balaban J connectivity index is 1.72. The number of hydrogen-bond acceptors (Lipinski definition) is 4. The van der Waals surface area contributed by atoms with Gasteiger partial charge in [0.25, 0.3) is 0 Å². The van der Waals surface area contributed by atoms with Gasteiger partial charge in [-0.1, -0.05) is 23.2 Å². The molecule has 0 spiro atoms. The lowest BCUT2D eigenvalue weighted by molar-refractivity contribution is 0.860. The Morgan fingerprint density at radius 2 is 1.89 bits per heavy atom. The maximum atomic E-state index is 6.18. The standard InChI is InChI=1S/C20H20Cl2N4S/c1-3-26(4-2)20-25-18(11-27-20)17-10-24-19-16(17)7-13(9-23-19)12-5-14(21)8-15(22)6-12/h5-8,10-11,23-24H,3-4,9H2,1-2H3. The maximum absolute atomic E-state index is 6.18. The lowest BCUT2D eigenvalue weighted by atomic mass is 9.98. The van der Waals surface area contributed by atoms with Crippen LogP contribution in [0.3, 0.4) is 0 Å². The molecule has 0 fully saturated rings. The van der Waals surface area contributed by atoms with E-state index in [9.17, 15) is 0 Å². The number of aromatic amines is 1. The van der Waals surface area contributed by atoms with Crippen molar-refractivity contribution in [3.8, 4) is 11.3 Å². The Kier molecular flexibility index (Phi) is 5.17. The lowest BCUT2D eigenvalue weighted by Gasteiger charge is -2.17. The molecule has 1 aromatic carbocycles. The van der Waals surface area contributed by atoms with E-state index in [1.165, 1.54) is 0 Å². The molecule has 0 bridgehead atoms.